The van der Waals surface area contributed by atoms with Crippen LogP contribution in [-0.4, -0.2) is 43.5 Å². The molecule has 1 unspecified atom stereocenters. The van der Waals surface area contributed by atoms with Crippen LogP contribution in [0.15, 0.2) is 78.9 Å². The van der Waals surface area contributed by atoms with Crippen molar-refractivity contribution < 1.29 is 19.1 Å². The zero-order valence-electron chi connectivity index (χ0n) is 21.6. The van der Waals surface area contributed by atoms with Gasteiger partial charge in [-0.1, -0.05) is 80.6 Å². The van der Waals surface area contributed by atoms with Gasteiger partial charge in [0.25, 0.3) is 0 Å². The molecular weight excluding hydrogens is 452 g/mol. The molecule has 0 heterocycles. The van der Waals surface area contributed by atoms with Crippen molar-refractivity contribution in [3.63, 3.8) is 0 Å². The molecule has 0 bridgehead atoms. The standard InChI is InChI=1S/C30H36N2O4/c1-22(2)30(34)32(21-25-13-9-6-10-14-25)26(19-23-11-7-5-8-12-23)29(33)31-18-17-24-15-16-27(35-3)28(20-24)36-4/h5-16,20,22,26H,17-19,21H2,1-4H3,(H,31,33). The number of nitrogens with one attached hydrogen (secondary N) is 1. The van der Waals surface area contributed by atoms with E-state index in [4.69, 9.17) is 9.47 Å². The molecule has 1 atom stereocenters. The van der Waals surface area contributed by atoms with E-state index in [9.17, 15) is 9.59 Å². The Labute approximate surface area is 214 Å². The lowest BCUT2D eigenvalue weighted by Crippen LogP contribution is -2.51. The second-order valence-corrected chi connectivity index (χ2v) is 9.04. The van der Waals surface area contributed by atoms with E-state index in [0.717, 1.165) is 16.7 Å². The summed E-state index contributed by atoms with van der Waals surface area (Å²) in [5.41, 5.74) is 3.02. The van der Waals surface area contributed by atoms with Gasteiger partial charge < -0.3 is 19.7 Å². The lowest BCUT2D eigenvalue weighted by molar-refractivity contribution is -0.143. The highest BCUT2D eigenvalue weighted by Crippen LogP contribution is 2.27. The molecule has 3 aromatic carbocycles. The maximum absolute atomic E-state index is 13.6. The van der Waals surface area contributed by atoms with E-state index in [0.29, 0.717) is 37.4 Å². The van der Waals surface area contributed by atoms with Crippen LogP contribution in [0.3, 0.4) is 0 Å². The second-order valence-electron chi connectivity index (χ2n) is 9.04. The summed E-state index contributed by atoms with van der Waals surface area (Å²) in [6.07, 6.45) is 1.06. The average Bonchev–Trinajstić information content (AvgIpc) is 2.91. The van der Waals surface area contributed by atoms with E-state index in [2.05, 4.69) is 5.32 Å². The number of ether oxygens (including phenoxy) is 2. The maximum Gasteiger partial charge on any atom is 0.243 e. The minimum absolute atomic E-state index is 0.0465. The maximum atomic E-state index is 13.6. The van der Waals surface area contributed by atoms with Crippen LogP contribution in [0.1, 0.15) is 30.5 Å². The van der Waals surface area contributed by atoms with Crippen LogP contribution in [0.2, 0.25) is 0 Å². The molecule has 6 nitrogen and oxygen atoms in total. The molecule has 1 N–H and O–H groups in total. The topological polar surface area (TPSA) is 67.9 Å². The van der Waals surface area contributed by atoms with Crippen molar-refractivity contribution >= 4 is 11.8 Å². The number of hydrogen-bond acceptors (Lipinski definition) is 4. The lowest BCUT2D eigenvalue weighted by Gasteiger charge is -2.32. The first kappa shape index (κ1) is 26.8. The highest BCUT2D eigenvalue weighted by molar-refractivity contribution is 5.88. The van der Waals surface area contributed by atoms with Crippen LogP contribution in [-0.2, 0) is 29.0 Å². The largest absolute Gasteiger partial charge is 0.493 e. The predicted molar refractivity (Wildman–Crippen MR) is 142 cm³/mol. The summed E-state index contributed by atoms with van der Waals surface area (Å²) in [5, 5.41) is 3.07. The number of carbonyl (C=O) groups is 2. The number of carbonyl (C=O) groups excluding carboxylic acids is 2. The molecule has 0 aliphatic rings. The summed E-state index contributed by atoms with van der Waals surface area (Å²) in [5.74, 6) is 0.877. The van der Waals surface area contributed by atoms with Crippen molar-refractivity contribution in [3.05, 3.63) is 95.6 Å². The Morgan fingerprint density at radius 2 is 1.42 bits per heavy atom. The van der Waals surface area contributed by atoms with Crippen molar-refractivity contribution in [3.8, 4) is 11.5 Å². The molecule has 0 aliphatic carbocycles. The van der Waals surface area contributed by atoms with Gasteiger partial charge in [-0.05, 0) is 35.2 Å². The Hall–Kier alpha value is -3.80. The fourth-order valence-corrected chi connectivity index (χ4v) is 4.12. The van der Waals surface area contributed by atoms with Crippen molar-refractivity contribution in [2.75, 3.05) is 20.8 Å². The molecule has 3 rings (SSSR count). The Bertz CT molecular complexity index is 1120. The molecule has 0 spiro atoms. The van der Waals surface area contributed by atoms with Crippen molar-refractivity contribution in [1.82, 2.24) is 10.2 Å². The lowest BCUT2D eigenvalue weighted by atomic mass is 10.0. The molecule has 190 valence electrons. The summed E-state index contributed by atoms with van der Waals surface area (Å²) in [4.78, 5) is 28.6. The van der Waals surface area contributed by atoms with E-state index in [-0.39, 0.29) is 17.7 Å². The first-order valence-electron chi connectivity index (χ1n) is 12.3. The molecular formula is C30H36N2O4. The van der Waals surface area contributed by atoms with Gasteiger partial charge in [0, 0.05) is 25.4 Å². The molecule has 36 heavy (non-hydrogen) atoms. The minimum atomic E-state index is -0.632. The monoisotopic (exact) mass is 488 g/mol. The molecule has 0 saturated carbocycles. The highest BCUT2D eigenvalue weighted by atomic mass is 16.5. The van der Waals surface area contributed by atoms with Gasteiger partial charge in [-0.2, -0.15) is 0 Å². The second kappa shape index (κ2) is 13.3. The van der Waals surface area contributed by atoms with Crippen LogP contribution >= 0.6 is 0 Å². The smallest absolute Gasteiger partial charge is 0.243 e. The number of hydrogen-bond donors (Lipinski definition) is 1. The van der Waals surface area contributed by atoms with Gasteiger partial charge in [0.2, 0.25) is 11.8 Å². The number of amides is 2. The quantitative estimate of drug-likeness (QED) is 0.403. The number of benzene rings is 3. The van der Waals surface area contributed by atoms with E-state index in [1.807, 2.05) is 92.7 Å². The molecule has 0 aromatic heterocycles. The summed E-state index contributed by atoms with van der Waals surface area (Å²) in [6.45, 7) is 4.55. The number of methoxy groups -OCH3 is 2. The Morgan fingerprint density at radius 3 is 2.00 bits per heavy atom. The van der Waals surface area contributed by atoms with Gasteiger partial charge in [-0.3, -0.25) is 9.59 Å². The van der Waals surface area contributed by atoms with Crippen LogP contribution in [0, 0.1) is 5.92 Å². The summed E-state index contributed by atoms with van der Waals surface area (Å²) in [6, 6.07) is 24.7. The van der Waals surface area contributed by atoms with Gasteiger partial charge in [0.05, 0.1) is 14.2 Å². The molecule has 2 amide bonds. The third-order valence-corrected chi connectivity index (χ3v) is 6.08. The third kappa shape index (κ3) is 7.35. The van der Waals surface area contributed by atoms with Crippen molar-refractivity contribution in [2.24, 2.45) is 5.92 Å². The molecule has 6 heteroatoms. The molecule has 0 radical (unpaired) electrons. The van der Waals surface area contributed by atoms with E-state index < -0.39 is 6.04 Å². The number of rotatable bonds is 12. The molecule has 0 fully saturated rings. The molecule has 3 aromatic rings. The van der Waals surface area contributed by atoms with Crippen LogP contribution in [0.25, 0.3) is 0 Å². The SMILES string of the molecule is COc1ccc(CCNC(=O)C(Cc2ccccc2)N(Cc2ccccc2)C(=O)C(C)C)cc1OC. The van der Waals surface area contributed by atoms with E-state index in [1.54, 1.807) is 19.1 Å². The fourth-order valence-electron chi connectivity index (χ4n) is 4.12. The van der Waals surface area contributed by atoms with Crippen LogP contribution < -0.4 is 14.8 Å². The fraction of sp³-hybridized carbons (Fsp3) is 0.333. The molecule has 0 aliphatic heterocycles. The first-order valence-corrected chi connectivity index (χ1v) is 12.3. The normalized spacial score (nSPS) is 11.6. The summed E-state index contributed by atoms with van der Waals surface area (Å²) in [7, 11) is 3.20. The average molecular weight is 489 g/mol. The minimum Gasteiger partial charge on any atom is -0.493 e. The van der Waals surface area contributed by atoms with Gasteiger partial charge >= 0.3 is 0 Å². The van der Waals surface area contributed by atoms with Gasteiger partial charge in [0.15, 0.2) is 11.5 Å². The van der Waals surface area contributed by atoms with E-state index in [1.165, 1.54) is 0 Å². The van der Waals surface area contributed by atoms with Crippen LogP contribution in [0.5, 0.6) is 11.5 Å². The van der Waals surface area contributed by atoms with Crippen molar-refractivity contribution in [2.45, 2.75) is 39.3 Å². The third-order valence-electron chi connectivity index (χ3n) is 6.08. The highest BCUT2D eigenvalue weighted by Gasteiger charge is 2.31. The Kier molecular flexibility index (Phi) is 9.92. The summed E-state index contributed by atoms with van der Waals surface area (Å²) < 4.78 is 10.7. The number of nitrogens with zero attached hydrogens (tertiary/aromatic N) is 1. The Morgan fingerprint density at radius 1 is 0.806 bits per heavy atom. The van der Waals surface area contributed by atoms with Crippen molar-refractivity contribution in [1.29, 1.82) is 0 Å². The Balaban J connectivity index is 1.80. The molecule has 0 saturated heterocycles. The predicted octanol–water partition coefficient (Wildman–Crippen LogP) is 4.66. The van der Waals surface area contributed by atoms with Crippen LogP contribution in [0.4, 0.5) is 0 Å². The summed E-state index contributed by atoms with van der Waals surface area (Å²) >= 11 is 0. The van der Waals surface area contributed by atoms with Gasteiger partial charge in [-0.15, -0.1) is 0 Å². The van der Waals surface area contributed by atoms with Gasteiger partial charge in [0.1, 0.15) is 6.04 Å². The first-order chi connectivity index (χ1) is 17.4. The zero-order valence-corrected chi connectivity index (χ0v) is 21.6. The van der Waals surface area contributed by atoms with E-state index >= 15 is 0 Å². The van der Waals surface area contributed by atoms with Gasteiger partial charge in [-0.25, -0.2) is 0 Å². The zero-order chi connectivity index (χ0) is 25.9.